The van der Waals surface area contributed by atoms with E-state index in [0.29, 0.717) is 41.0 Å². The molecular formula is C21H23N3O6. The summed E-state index contributed by atoms with van der Waals surface area (Å²) in [5, 5.41) is 8.37. The van der Waals surface area contributed by atoms with Crippen LogP contribution in [0.2, 0.25) is 0 Å². The Balaban J connectivity index is 2.22. The molecule has 4 rings (SSSR count). The molecule has 1 aliphatic rings. The van der Waals surface area contributed by atoms with Crippen LogP contribution in [0.3, 0.4) is 0 Å². The molecule has 2 aromatic carbocycles. The van der Waals surface area contributed by atoms with Crippen LogP contribution in [0.15, 0.2) is 18.3 Å². The first-order chi connectivity index (χ1) is 14.6. The predicted octanol–water partition coefficient (Wildman–Crippen LogP) is 3.03. The Kier molecular flexibility index (Phi) is 5.03. The lowest BCUT2D eigenvalue weighted by Crippen LogP contribution is -2.05. The molecule has 0 fully saturated rings. The number of aromatic nitrogens is 3. The number of fused-ring (bicyclic) bond motifs is 5. The van der Waals surface area contributed by atoms with Gasteiger partial charge in [-0.25, -0.2) is 4.68 Å². The van der Waals surface area contributed by atoms with Crippen molar-refractivity contribution in [3.8, 4) is 56.9 Å². The van der Waals surface area contributed by atoms with Crippen LogP contribution in [-0.4, -0.2) is 57.7 Å². The Labute approximate surface area is 174 Å². The van der Waals surface area contributed by atoms with E-state index in [-0.39, 0.29) is 0 Å². The van der Waals surface area contributed by atoms with Gasteiger partial charge in [0.1, 0.15) is 0 Å². The van der Waals surface area contributed by atoms with E-state index in [0.717, 1.165) is 27.9 Å². The lowest BCUT2D eigenvalue weighted by molar-refractivity contribution is 0.322. The van der Waals surface area contributed by atoms with Gasteiger partial charge in [-0.15, -0.1) is 5.10 Å². The summed E-state index contributed by atoms with van der Waals surface area (Å²) in [5.74, 6) is 3.08. The largest absolute Gasteiger partial charge is 0.493 e. The summed E-state index contributed by atoms with van der Waals surface area (Å²) in [6.45, 7) is 0.448. The van der Waals surface area contributed by atoms with Gasteiger partial charge in [0.05, 0.1) is 61.1 Å². The molecule has 3 aromatic rings. The molecule has 0 saturated heterocycles. The van der Waals surface area contributed by atoms with Crippen LogP contribution < -0.4 is 28.4 Å². The van der Waals surface area contributed by atoms with Crippen molar-refractivity contribution in [2.24, 2.45) is 0 Å². The summed E-state index contributed by atoms with van der Waals surface area (Å²) in [6.07, 6.45) is 1.71. The zero-order valence-corrected chi connectivity index (χ0v) is 17.7. The molecule has 0 unspecified atom stereocenters. The lowest BCUT2D eigenvalue weighted by Gasteiger charge is -2.22. The summed E-state index contributed by atoms with van der Waals surface area (Å²) in [4.78, 5) is 0. The maximum atomic E-state index is 5.83. The highest BCUT2D eigenvalue weighted by Gasteiger charge is 2.33. The summed E-state index contributed by atoms with van der Waals surface area (Å²) in [6, 6.07) is 3.80. The van der Waals surface area contributed by atoms with Crippen molar-refractivity contribution in [1.82, 2.24) is 15.0 Å². The molecule has 0 bridgehead atoms. The van der Waals surface area contributed by atoms with Crippen molar-refractivity contribution in [1.29, 1.82) is 0 Å². The minimum atomic E-state index is 0.448. The number of rotatable bonds is 6. The lowest BCUT2D eigenvalue weighted by atomic mass is 9.92. The van der Waals surface area contributed by atoms with Crippen LogP contribution in [0.25, 0.3) is 22.4 Å². The molecule has 0 N–H and O–H groups in total. The van der Waals surface area contributed by atoms with E-state index in [4.69, 9.17) is 28.4 Å². The van der Waals surface area contributed by atoms with Crippen LogP contribution in [-0.2, 0) is 6.54 Å². The zero-order valence-electron chi connectivity index (χ0n) is 17.7. The van der Waals surface area contributed by atoms with Crippen LogP contribution >= 0.6 is 0 Å². The molecule has 0 amide bonds. The number of hydrogen-bond acceptors (Lipinski definition) is 8. The van der Waals surface area contributed by atoms with Crippen LogP contribution in [0.5, 0.6) is 34.5 Å². The highest BCUT2D eigenvalue weighted by atomic mass is 16.5. The second-order valence-corrected chi connectivity index (χ2v) is 6.52. The van der Waals surface area contributed by atoms with Crippen LogP contribution in [0.4, 0.5) is 0 Å². The molecule has 30 heavy (non-hydrogen) atoms. The minimum Gasteiger partial charge on any atom is -0.493 e. The quantitative estimate of drug-likeness (QED) is 0.477. The molecule has 158 valence electrons. The van der Waals surface area contributed by atoms with E-state index in [2.05, 4.69) is 10.3 Å². The standard InChI is InChI=1S/C21H23N3O6/c1-25-14-7-11-10-24-13(9-22-23-24)12-8-15(26-2)19(28-4)21(30-6)17(12)16(11)20(29-5)18(14)27-3/h7-9H,10H2,1-6H3. The highest BCUT2D eigenvalue weighted by molar-refractivity contribution is 5.96. The van der Waals surface area contributed by atoms with Gasteiger partial charge in [-0.2, -0.15) is 0 Å². The van der Waals surface area contributed by atoms with E-state index in [1.165, 1.54) is 0 Å². The fraction of sp³-hybridized carbons (Fsp3) is 0.333. The summed E-state index contributed by atoms with van der Waals surface area (Å²) in [5.41, 5.74) is 4.09. The number of hydrogen-bond donors (Lipinski definition) is 0. The smallest absolute Gasteiger partial charge is 0.203 e. The second kappa shape index (κ2) is 7.66. The molecule has 2 heterocycles. The Morgan fingerprint density at radius 1 is 0.700 bits per heavy atom. The third-order valence-electron chi connectivity index (χ3n) is 5.21. The number of benzene rings is 2. The van der Waals surface area contributed by atoms with E-state index in [1.54, 1.807) is 53.5 Å². The van der Waals surface area contributed by atoms with Crippen molar-refractivity contribution in [3.05, 3.63) is 23.9 Å². The first kappa shape index (κ1) is 19.7. The predicted molar refractivity (Wildman–Crippen MR) is 109 cm³/mol. The molecule has 0 radical (unpaired) electrons. The van der Waals surface area contributed by atoms with E-state index < -0.39 is 0 Å². The van der Waals surface area contributed by atoms with Gasteiger partial charge in [-0.3, -0.25) is 0 Å². The van der Waals surface area contributed by atoms with Crippen molar-refractivity contribution in [3.63, 3.8) is 0 Å². The van der Waals surface area contributed by atoms with Crippen molar-refractivity contribution >= 4 is 0 Å². The number of methoxy groups -OCH3 is 6. The molecule has 0 spiro atoms. The third kappa shape index (κ3) is 2.69. The van der Waals surface area contributed by atoms with Gasteiger partial charge >= 0.3 is 0 Å². The Bertz CT molecular complexity index is 1110. The van der Waals surface area contributed by atoms with Gasteiger partial charge in [0, 0.05) is 16.7 Å². The third-order valence-corrected chi connectivity index (χ3v) is 5.21. The maximum absolute atomic E-state index is 5.83. The Hall–Kier alpha value is -3.62. The van der Waals surface area contributed by atoms with Crippen LogP contribution in [0, 0.1) is 0 Å². The maximum Gasteiger partial charge on any atom is 0.203 e. The Morgan fingerprint density at radius 3 is 1.83 bits per heavy atom. The molecular weight excluding hydrogens is 390 g/mol. The topological polar surface area (TPSA) is 86.1 Å². The normalized spacial score (nSPS) is 11.5. The van der Waals surface area contributed by atoms with E-state index >= 15 is 0 Å². The van der Waals surface area contributed by atoms with Gasteiger partial charge in [0.2, 0.25) is 11.5 Å². The molecule has 1 aliphatic heterocycles. The van der Waals surface area contributed by atoms with Crippen LogP contribution in [0.1, 0.15) is 5.56 Å². The van der Waals surface area contributed by atoms with Crippen molar-refractivity contribution < 1.29 is 28.4 Å². The van der Waals surface area contributed by atoms with Gasteiger partial charge in [0.25, 0.3) is 0 Å². The highest BCUT2D eigenvalue weighted by Crippen LogP contribution is 2.57. The summed E-state index contributed by atoms with van der Waals surface area (Å²) >= 11 is 0. The van der Waals surface area contributed by atoms with E-state index in [1.807, 2.05) is 12.1 Å². The number of ether oxygens (including phenoxy) is 6. The minimum absolute atomic E-state index is 0.448. The summed E-state index contributed by atoms with van der Waals surface area (Å²) < 4.78 is 35.9. The summed E-state index contributed by atoms with van der Waals surface area (Å²) in [7, 11) is 9.50. The van der Waals surface area contributed by atoms with Gasteiger partial charge in [-0.05, 0) is 17.7 Å². The molecule has 0 aliphatic carbocycles. The molecule has 9 nitrogen and oxygen atoms in total. The molecule has 0 atom stereocenters. The average molecular weight is 413 g/mol. The van der Waals surface area contributed by atoms with E-state index in [9.17, 15) is 0 Å². The van der Waals surface area contributed by atoms with Gasteiger partial charge < -0.3 is 28.4 Å². The zero-order chi connectivity index (χ0) is 21.4. The van der Waals surface area contributed by atoms with Crippen molar-refractivity contribution in [2.75, 3.05) is 42.7 Å². The first-order valence-corrected chi connectivity index (χ1v) is 9.17. The second-order valence-electron chi connectivity index (χ2n) is 6.52. The van der Waals surface area contributed by atoms with Gasteiger partial charge in [0.15, 0.2) is 23.0 Å². The Morgan fingerprint density at radius 2 is 1.27 bits per heavy atom. The fourth-order valence-corrected chi connectivity index (χ4v) is 3.96. The monoisotopic (exact) mass is 413 g/mol. The molecule has 0 saturated carbocycles. The fourth-order valence-electron chi connectivity index (χ4n) is 3.96. The first-order valence-electron chi connectivity index (χ1n) is 9.17. The van der Waals surface area contributed by atoms with Gasteiger partial charge in [-0.1, -0.05) is 5.21 Å². The average Bonchev–Trinajstić information content (AvgIpc) is 3.19. The SMILES string of the molecule is COc1cc2c(c(OC)c1OC)-c1c(cc(OC)c(OC)c1OC)-c1cnnn1C2. The number of nitrogens with zero attached hydrogens (tertiary/aromatic N) is 3. The molecule has 9 heteroatoms. The molecule has 1 aromatic heterocycles. The van der Waals surface area contributed by atoms with Crippen molar-refractivity contribution in [2.45, 2.75) is 6.54 Å².